The number of aliphatic imine (C=N–C) groups is 1. The first-order valence-electron chi connectivity index (χ1n) is 29.2. The average molecular weight is 1210 g/mol. The molecule has 1 atom stereocenters. The van der Waals surface area contributed by atoms with Crippen LogP contribution in [-0.4, -0.2) is 43.8 Å². The van der Waals surface area contributed by atoms with Crippen molar-refractivity contribution in [3.8, 4) is 0 Å². The van der Waals surface area contributed by atoms with Gasteiger partial charge in [0.25, 0.3) is 0 Å². The number of hydrogen-bond acceptors (Lipinski definition) is 5. The van der Waals surface area contributed by atoms with Crippen molar-refractivity contribution < 1.29 is 4.57 Å². The highest BCUT2D eigenvalue weighted by Gasteiger charge is 2.18. The van der Waals surface area contributed by atoms with Crippen LogP contribution in [0.5, 0.6) is 0 Å². The first-order chi connectivity index (χ1) is 41.6. The van der Waals surface area contributed by atoms with Crippen molar-refractivity contribution in [1.82, 2.24) is 29.9 Å². The molecular weight excluding hydrogens is 1110 g/mol. The van der Waals surface area contributed by atoms with E-state index in [1.807, 2.05) is 94.6 Å². The summed E-state index contributed by atoms with van der Waals surface area (Å²) in [6, 6.07) is 60.6. The van der Waals surface area contributed by atoms with E-state index in [0.29, 0.717) is 0 Å². The fraction of sp³-hybridized carbons (Fsp3) is 0.270. The molecule has 5 N–H and O–H groups in total. The Morgan fingerprint density at radius 2 is 1.02 bits per heavy atom. The summed E-state index contributed by atoms with van der Waals surface area (Å²) >= 11 is 6.67. The number of aromatic amines is 4. The van der Waals surface area contributed by atoms with Crippen molar-refractivity contribution in [3.63, 3.8) is 0 Å². The van der Waals surface area contributed by atoms with E-state index < -0.39 is 0 Å². The number of hydrogen-bond donors (Lipinski definition) is 5. The monoisotopic (exact) mass is 1210 g/mol. The number of nitrogens with zero attached hydrogens (tertiary/aromatic N) is 4. The molecule has 12 heteroatoms. The van der Waals surface area contributed by atoms with Gasteiger partial charge in [-0.2, -0.15) is 13.4 Å². The van der Waals surface area contributed by atoms with Crippen molar-refractivity contribution in [2.75, 3.05) is 11.9 Å². The number of rotatable bonds is 1. The smallest absolute Gasteiger partial charge is 0.241 e. The molecule has 0 radical (unpaired) electrons. The first-order valence-corrected chi connectivity index (χ1v) is 30.4. The quantitative estimate of drug-likeness (QED) is 0.0831. The van der Waals surface area contributed by atoms with Crippen LogP contribution < -0.4 is 9.88 Å². The second-order valence-electron chi connectivity index (χ2n) is 19.9. The maximum absolute atomic E-state index is 5.44. The Hall–Kier alpha value is -7.95. The van der Waals surface area contributed by atoms with E-state index in [4.69, 9.17) is 1.12 Å². The van der Waals surface area contributed by atoms with Crippen LogP contribution in [0.1, 0.15) is 113 Å². The zero-order valence-corrected chi connectivity index (χ0v) is 55.9. The Bertz CT molecular complexity index is 3180. The third-order valence-corrected chi connectivity index (χ3v) is 13.3. The fourth-order valence-corrected chi connectivity index (χ4v) is 7.69. The lowest BCUT2D eigenvalue weighted by Crippen LogP contribution is -2.27. The second kappa shape index (κ2) is 47.3. The fourth-order valence-electron chi connectivity index (χ4n) is 7.69. The molecule has 0 saturated carbocycles. The van der Waals surface area contributed by atoms with Crippen LogP contribution in [0.25, 0.3) is 10.9 Å². The molecule has 4 aromatic heterocycles. The zero-order valence-electron chi connectivity index (χ0n) is 54.2. The molecule has 2 aliphatic rings. The van der Waals surface area contributed by atoms with Crippen LogP contribution in [0.2, 0.25) is 0 Å². The molecule has 458 valence electrons. The summed E-state index contributed by atoms with van der Waals surface area (Å²) < 4.78 is 7.47. The molecule has 0 bridgehead atoms. The van der Waals surface area contributed by atoms with Crippen LogP contribution in [0.3, 0.4) is 0 Å². The highest BCUT2D eigenvalue weighted by molar-refractivity contribution is 7.88. The summed E-state index contributed by atoms with van der Waals surface area (Å²) in [5.74, 6) is 0.742. The largest absolute Gasteiger partial charge is 0.384 e. The first kappa shape index (κ1) is 76.1. The van der Waals surface area contributed by atoms with Gasteiger partial charge in [-0.3, -0.25) is 4.99 Å². The van der Waals surface area contributed by atoms with Gasteiger partial charge in [-0.1, -0.05) is 203 Å². The van der Waals surface area contributed by atoms with Gasteiger partial charge in [0.1, 0.15) is 11.9 Å². The van der Waals surface area contributed by atoms with Crippen molar-refractivity contribution >= 4 is 61.7 Å². The maximum Gasteiger partial charge on any atom is 0.241 e. The van der Waals surface area contributed by atoms with Gasteiger partial charge < -0.3 is 20.3 Å². The van der Waals surface area contributed by atoms with E-state index in [9.17, 15) is 0 Å². The van der Waals surface area contributed by atoms with Crippen LogP contribution >= 0.6 is 21.4 Å². The molecule has 7 aromatic carbocycles. The maximum atomic E-state index is 5.44. The molecule has 11 aromatic rings. The van der Waals surface area contributed by atoms with E-state index in [1.54, 1.807) is 25.0 Å². The number of nitrogens with one attached hydrogen (secondary N) is 5. The van der Waals surface area contributed by atoms with Gasteiger partial charge in [0.2, 0.25) is 6.33 Å². The molecule has 86 heavy (non-hydrogen) atoms. The van der Waals surface area contributed by atoms with E-state index in [2.05, 4.69) is 288 Å². The minimum Gasteiger partial charge on any atom is -0.384 e. The minimum absolute atomic E-state index is 0. The summed E-state index contributed by atoms with van der Waals surface area (Å²) in [5.41, 5.74) is 20.9. The Balaban J connectivity index is 0.000000938. The van der Waals surface area contributed by atoms with Gasteiger partial charge >= 0.3 is 0 Å². The van der Waals surface area contributed by atoms with Gasteiger partial charge in [-0.15, -0.1) is 0 Å². The van der Waals surface area contributed by atoms with Crippen molar-refractivity contribution in [2.24, 2.45) is 12.0 Å². The highest BCUT2D eigenvalue weighted by Crippen LogP contribution is 2.32. The third-order valence-electron chi connectivity index (χ3n) is 13.3. The third kappa shape index (κ3) is 32.4. The van der Waals surface area contributed by atoms with Crippen LogP contribution in [0, 0.1) is 76.2 Å². The number of H-pyrrole nitrogens is 4. The van der Waals surface area contributed by atoms with E-state index >= 15 is 0 Å². The number of imidazole rings is 3. The molecular formula is C74H101N9PS2+. The summed E-state index contributed by atoms with van der Waals surface area (Å²) in [6.45, 7) is 30.3. The lowest BCUT2D eigenvalue weighted by Gasteiger charge is -2.04. The molecule has 0 amide bonds. The summed E-state index contributed by atoms with van der Waals surface area (Å²) in [4.78, 5) is 23.6. The molecule has 9 nitrogen and oxygen atoms in total. The molecule has 1 unspecified atom stereocenters. The predicted octanol–water partition coefficient (Wildman–Crippen LogP) is 19.9. The predicted molar refractivity (Wildman–Crippen MR) is 386 cm³/mol. The Kier molecular flexibility index (Phi) is 41.8. The normalized spacial score (nSPS) is 10.8. The number of benzene rings is 7. The van der Waals surface area contributed by atoms with Gasteiger partial charge in [-0.05, 0) is 158 Å². The number of aryl methyl sites for hydroxylation is 12. The summed E-state index contributed by atoms with van der Waals surface area (Å²) in [5, 5.41) is 4.68. The SMILES string of the molecule is C.C1=Nc2ccccc2C1.CC.CCC1CNc2ccccc21.Cc1c[nH]c[n+]1C.Cc1cccc(C)c1.Cc1ccccc1C.Cc1ccccc1C.Cc1ccccc1C.Cc1cnc[nH]1.Cc1cnc[nH]1.P=S.[2H]S.c1ccc2[nH]ccc2c1. The molecule has 13 rings (SSSR count). The van der Waals surface area contributed by atoms with Crippen molar-refractivity contribution in [3.05, 3.63) is 292 Å². The lowest BCUT2D eigenvalue weighted by atomic mass is 9.99. The molecule has 0 spiro atoms. The van der Waals surface area contributed by atoms with E-state index in [1.165, 1.54) is 84.3 Å². The molecule has 2 aliphatic heterocycles. The van der Waals surface area contributed by atoms with Crippen molar-refractivity contribution in [1.29, 1.82) is 1.12 Å². The Morgan fingerprint density at radius 1 is 0.570 bits per heavy atom. The van der Waals surface area contributed by atoms with E-state index in [0.717, 1.165) is 36.0 Å². The molecule has 0 aliphatic carbocycles. The minimum atomic E-state index is 0. The van der Waals surface area contributed by atoms with Crippen LogP contribution in [0.4, 0.5) is 11.4 Å². The summed E-state index contributed by atoms with van der Waals surface area (Å²) in [6.07, 6.45) is 16.9. The van der Waals surface area contributed by atoms with E-state index in [-0.39, 0.29) is 7.43 Å². The average Bonchev–Trinajstić information content (AvgIpc) is 4.64. The summed E-state index contributed by atoms with van der Waals surface area (Å²) in [7, 11) is 4.56. The van der Waals surface area contributed by atoms with Gasteiger partial charge in [0.15, 0.2) is 0 Å². The number of para-hydroxylation sites is 3. The lowest BCUT2D eigenvalue weighted by molar-refractivity contribution is -0.676. The molecule has 0 saturated heterocycles. The zero-order chi connectivity index (χ0) is 63.9. The van der Waals surface area contributed by atoms with Gasteiger partial charge in [0, 0.05) is 73.2 Å². The van der Waals surface area contributed by atoms with Crippen LogP contribution in [0.15, 0.2) is 225 Å². The molecule has 6 heterocycles. The Morgan fingerprint density at radius 3 is 1.38 bits per heavy atom. The van der Waals surface area contributed by atoms with Gasteiger partial charge in [0.05, 0.1) is 26.5 Å². The Labute approximate surface area is 533 Å². The topological polar surface area (TPSA) is 117 Å². The van der Waals surface area contributed by atoms with Crippen molar-refractivity contribution in [2.45, 2.75) is 123 Å². The van der Waals surface area contributed by atoms with Crippen LogP contribution in [-0.2, 0) is 25.3 Å². The number of aromatic nitrogens is 7. The highest BCUT2D eigenvalue weighted by atomic mass is 32.4. The second-order valence-corrected chi connectivity index (χ2v) is 19.9. The standard InChI is InChI=1S/C10H13N.2C8H7N.4C8H10.C5H8N2.2C4H6N2.C2H6.CH4.HPS.H2S/c1-2-8-7-11-10-6-4-3-5-9(8)10;2*1-2-4-8-7(3-1)5-6-9-8;1-7-4-3-5-8(2)6-7;3*1-7-5-3-4-6-8(7)2;1-5-3-6-4-7(5)2;2*1-4-2-5-3-6-4;1-2;;1-2;/h3-6,8,11H,2,7H2,1H3;1-4,6H,5H2;1-6,9H;4*3-6H,1-2H3;3-4H,1-2H3;2*2-3H,1H3,(H,5,6);1-2H3;1H4;1H;1H2/p+1/i/hD. The number of anilines is 1. The molecule has 0 fully saturated rings. The van der Waals surface area contributed by atoms with Gasteiger partial charge in [-0.25, -0.2) is 19.5 Å². The number of fused-ring (bicyclic) bond motifs is 3.